The second-order valence-electron chi connectivity index (χ2n) is 8.09. The van der Waals surface area contributed by atoms with Crippen LogP contribution in [0.2, 0.25) is 0 Å². The number of rotatable bonds is 5. The summed E-state index contributed by atoms with van der Waals surface area (Å²) < 4.78 is 19.3. The van der Waals surface area contributed by atoms with Gasteiger partial charge in [-0.2, -0.15) is 0 Å². The first-order valence-corrected chi connectivity index (χ1v) is 10.9. The van der Waals surface area contributed by atoms with Crippen LogP contribution < -0.4 is 15.2 Å². The second kappa shape index (κ2) is 8.99. The highest BCUT2D eigenvalue weighted by Crippen LogP contribution is 2.29. The zero-order chi connectivity index (χ0) is 22.8. The van der Waals surface area contributed by atoms with Gasteiger partial charge in [-0.3, -0.25) is 9.69 Å². The molecule has 0 amide bonds. The Bertz CT molecular complexity index is 1320. The zero-order valence-electron chi connectivity index (χ0n) is 18.2. The van der Waals surface area contributed by atoms with E-state index in [1.165, 1.54) is 18.5 Å². The average Bonchev–Trinajstić information content (AvgIpc) is 2.85. The number of anilines is 1. The van der Waals surface area contributed by atoms with Crippen molar-refractivity contribution in [3.63, 3.8) is 0 Å². The van der Waals surface area contributed by atoms with Gasteiger partial charge in [0, 0.05) is 49.9 Å². The van der Waals surface area contributed by atoms with Gasteiger partial charge >= 0.3 is 0 Å². The number of halogens is 1. The predicted molar refractivity (Wildman–Crippen MR) is 125 cm³/mol. The van der Waals surface area contributed by atoms with E-state index >= 15 is 0 Å². The Morgan fingerprint density at radius 1 is 1.00 bits per heavy atom. The lowest BCUT2D eigenvalue weighted by Gasteiger charge is -2.38. The molecule has 1 aliphatic rings. The molecule has 0 unspecified atom stereocenters. The minimum Gasteiger partial charge on any atom is -0.438 e. The van der Waals surface area contributed by atoms with Crippen LogP contribution in [0.5, 0.6) is 11.6 Å². The van der Waals surface area contributed by atoms with Crippen LogP contribution in [0.15, 0.2) is 71.9 Å². The van der Waals surface area contributed by atoms with E-state index in [2.05, 4.69) is 31.7 Å². The van der Waals surface area contributed by atoms with Gasteiger partial charge in [0.05, 0.1) is 5.39 Å². The van der Waals surface area contributed by atoms with Crippen LogP contribution in [0, 0.1) is 5.82 Å². The third-order valence-corrected chi connectivity index (χ3v) is 6.16. The molecule has 1 aliphatic heterocycles. The molecule has 1 saturated heterocycles. The van der Waals surface area contributed by atoms with Gasteiger partial charge in [-0.15, -0.1) is 0 Å². The Kier molecular flexibility index (Phi) is 5.75. The summed E-state index contributed by atoms with van der Waals surface area (Å²) in [5.41, 5.74) is 0.950. The maximum Gasteiger partial charge on any atom is 0.255 e. The van der Waals surface area contributed by atoms with Crippen LogP contribution in [-0.2, 0) is 0 Å². The number of nitrogens with one attached hydrogen (secondary N) is 1. The van der Waals surface area contributed by atoms with Crippen LogP contribution in [-0.4, -0.2) is 46.0 Å². The molecule has 7 nitrogen and oxygen atoms in total. The Balaban J connectivity index is 1.28. The molecule has 0 radical (unpaired) electrons. The van der Waals surface area contributed by atoms with Gasteiger partial charge in [0.25, 0.3) is 5.56 Å². The van der Waals surface area contributed by atoms with Gasteiger partial charge in [0.1, 0.15) is 23.7 Å². The van der Waals surface area contributed by atoms with Crippen LogP contribution in [0.1, 0.15) is 18.5 Å². The van der Waals surface area contributed by atoms with Crippen LogP contribution >= 0.6 is 0 Å². The van der Waals surface area contributed by atoms with Gasteiger partial charge in [-0.05, 0) is 42.8 Å². The SMILES string of the molecule is C[C@@H](c1ccc(F)cc1)N1CCN(c2cc(Oc3cccc4c(=O)[nH]ccc34)ncn2)CC1. The fourth-order valence-electron chi connectivity index (χ4n) is 4.24. The molecule has 168 valence electrons. The average molecular weight is 445 g/mol. The van der Waals surface area contributed by atoms with Crippen molar-refractivity contribution in [2.45, 2.75) is 13.0 Å². The molecular weight excluding hydrogens is 421 g/mol. The predicted octanol–water partition coefficient (Wildman–Crippen LogP) is 4.13. The topological polar surface area (TPSA) is 74.3 Å². The Hall–Kier alpha value is -3.78. The molecule has 0 bridgehead atoms. The first-order chi connectivity index (χ1) is 16.1. The lowest BCUT2D eigenvalue weighted by Crippen LogP contribution is -2.47. The fraction of sp³-hybridized carbons (Fsp3) is 0.240. The van der Waals surface area contributed by atoms with Crippen LogP contribution in [0.3, 0.4) is 0 Å². The summed E-state index contributed by atoms with van der Waals surface area (Å²) in [7, 11) is 0. The second-order valence-corrected chi connectivity index (χ2v) is 8.09. The molecular formula is C25H24FN5O2. The summed E-state index contributed by atoms with van der Waals surface area (Å²) in [6, 6.07) is 15.9. The number of hydrogen-bond donors (Lipinski definition) is 1. The number of hydrogen-bond acceptors (Lipinski definition) is 6. The molecule has 1 atom stereocenters. The molecule has 0 aliphatic carbocycles. The number of H-pyrrole nitrogens is 1. The quantitative estimate of drug-likeness (QED) is 0.498. The molecule has 0 saturated carbocycles. The molecule has 8 heteroatoms. The maximum atomic E-state index is 13.2. The monoisotopic (exact) mass is 445 g/mol. The van der Waals surface area contributed by atoms with E-state index in [-0.39, 0.29) is 17.4 Å². The Labute approximate surface area is 190 Å². The number of aromatic amines is 1. The number of benzene rings is 2. The number of piperazine rings is 1. The van der Waals surface area contributed by atoms with Crippen molar-refractivity contribution in [3.8, 4) is 11.6 Å². The molecule has 0 spiro atoms. The van der Waals surface area contributed by atoms with Crippen molar-refractivity contribution in [1.29, 1.82) is 0 Å². The standard InChI is InChI=1S/C25H24FN5O2/c1-17(18-5-7-19(26)8-6-18)30-11-13-31(14-12-30)23-15-24(29-16-28-23)33-22-4-2-3-21-20(22)9-10-27-25(21)32/h2-10,15-17H,11-14H2,1H3,(H,27,32)/t17-/m0/s1. The lowest BCUT2D eigenvalue weighted by atomic mass is 10.1. The highest BCUT2D eigenvalue weighted by Gasteiger charge is 2.23. The highest BCUT2D eigenvalue weighted by atomic mass is 19.1. The Morgan fingerprint density at radius 3 is 2.58 bits per heavy atom. The number of aromatic nitrogens is 3. The molecule has 3 heterocycles. The van der Waals surface area contributed by atoms with Crippen molar-refractivity contribution in [2.75, 3.05) is 31.1 Å². The fourth-order valence-corrected chi connectivity index (χ4v) is 4.24. The summed E-state index contributed by atoms with van der Waals surface area (Å²) in [5, 5.41) is 1.29. The van der Waals surface area contributed by atoms with Gasteiger partial charge < -0.3 is 14.6 Å². The van der Waals surface area contributed by atoms with Gasteiger partial charge in [-0.1, -0.05) is 18.2 Å². The van der Waals surface area contributed by atoms with Gasteiger partial charge in [0.15, 0.2) is 0 Å². The maximum absolute atomic E-state index is 13.2. The summed E-state index contributed by atoms with van der Waals surface area (Å²) in [6.07, 6.45) is 3.10. The van der Waals surface area contributed by atoms with E-state index in [0.717, 1.165) is 42.9 Å². The Morgan fingerprint density at radius 2 is 1.79 bits per heavy atom. The van der Waals surface area contributed by atoms with E-state index in [1.807, 2.05) is 30.3 Å². The number of nitrogens with zero attached hydrogens (tertiary/aromatic N) is 4. The third-order valence-electron chi connectivity index (χ3n) is 6.16. The van der Waals surface area contributed by atoms with Crippen LogP contribution in [0.25, 0.3) is 10.8 Å². The van der Waals surface area contributed by atoms with Crippen molar-refractivity contribution >= 4 is 16.6 Å². The minimum absolute atomic E-state index is 0.158. The van der Waals surface area contributed by atoms with E-state index < -0.39 is 0 Å². The highest BCUT2D eigenvalue weighted by molar-refractivity contribution is 5.87. The number of fused-ring (bicyclic) bond motifs is 1. The first-order valence-electron chi connectivity index (χ1n) is 10.9. The molecule has 1 fully saturated rings. The zero-order valence-corrected chi connectivity index (χ0v) is 18.2. The van der Waals surface area contributed by atoms with Crippen LogP contribution in [0.4, 0.5) is 10.2 Å². The van der Waals surface area contributed by atoms with Crippen molar-refractivity contribution in [2.24, 2.45) is 0 Å². The summed E-state index contributed by atoms with van der Waals surface area (Å²) in [4.78, 5) is 28.0. The number of ether oxygens (including phenoxy) is 1. The molecule has 4 aromatic rings. The molecule has 2 aromatic carbocycles. The van der Waals surface area contributed by atoms with Crippen molar-refractivity contribution in [1.82, 2.24) is 19.9 Å². The third kappa shape index (κ3) is 4.42. The van der Waals surface area contributed by atoms with E-state index in [4.69, 9.17) is 4.74 Å². The van der Waals surface area contributed by atoms with E-state index in [0.29, 0.717) is 17.0 Å². The number of pyridine rings is 1. The summed E-state index contributed by atoms with van der Waals surface area (Å²) in [5.74, 6) is 1.58. The van der Waals surface area contributed by atoms with E-state index in [1.54, 1.807) is 18.3 Å². The van der Waals surface area contributed by atoms with Crippen molar-refractivity contribution < 1.29 is 9.13 Å². The normalized spacial score (nSPS) is 15.5. The minimum atomic E-state index is -0.215. The lowest BCUT2D eigenvalue weighted by molar-refractivity contribution is 0.198. The molecule has 1 N–H and O–H groups in total. The summed E-state index contributed by atoms with van der Waals surface area (Å²) in [6.45, 7) is 5.50. The van der Waals surface area contributed by atoms with Gasteiger partial charge in [0.2, 0.25) is 5.88 Å². The molecule has 5 rings (SSSR count). The van der Waals surface area contributed by atoms with E-state index in [9.17, 15) is 9.18 Å². The van der Waals surface area contributed by atoms with Gasteiger partial charge in [-0.25, -0.2) is 14.4 Å². The first kappa shape index (κ1) is 21.1. The van der Waals surface area contributed by atoms with Crippen molar-refractivity contribution in [3.05, 3.63) is 88.9 Å². The largest absolute Gasteiger partial charge is 0.438 e. The summed E-state index contributed by atoms with van der Waals surface area (Å²) >= 11 is 0. The smallest absolute Gasteiger partial charge is 0.255 e. The molecule has 2 aromatic heterocycles. The molecule has 33 heavy (non-hydrogen) atoms.